The van der Waals surface area contributed by atoms with Gasteiger partial charge in [-0.15, -0.1) is 11.8 Å². The van der Waals surface area contributed by atoms with E-state index in [0.29, 0.717) is 0 Å². The van der Waals surface area contributed by atoms with Crippen LogP contribution in [0.5, 0.6) is 0 Å². The fraction of sp³-hybridized carbons (Fsp3) is 0.417. The lowest BCUT2D eigenvalue weighted by molar-refractivity contribution is -0.145. The first-order valence-corrected chi connectivity index (χ1v) is 6.01. The molecule has 1 saturated carbocycles. The van der Waals surface area contributed by atoms with Gasteiger partial charge in [-0.05, 0) is 43.5 Å². The molecule has 0 bridgehead atoms. The number of methoxy groups -OCH3 is 1. The van der Waals surface area contributed by atoms with Gasteiger partial charge in [-0.1, -0.05) is 0 Å². The van der Waals surface area contributed by atoms with Gasteiger partial charge in [-0.3, -0.25) is 4.79 Å². The third-order valence-corrected chi connectivity index (χ3v) is 4.32. The standard InChI is InChI=1S/C12H13FO2S/c1-15-11(14)12(7-2-8-12)16-10-5-3-9(13)4-6-10/h3-6H,2,7-8H2,1H3. The second-order valence-electron chi connectivity index (χ2n) is 3.90. The normalized spacial score (nSPS) is 17.6. The summed E-state index contributed by atoms with van der Waals surface area (Å²) in [7, 11) is 1.41. The van der Waals surface area contributed by atoms with Crippen molar-refractivity contribution in [2.75, 3.05) is 7.11 Å². The Labute approximate surface area is 98.2 Å². The third-order valence-electron chi connectivity index (χ3n) is 2.85. The Morgan fingerprint density at radius 2 is 2.00 bits per heavy atom. The van der Waals surface area contributed by atoms with Gasteiger partial charge in [0.05, 0.1) is 7.11 Å². The van der Waals surface area contributed by atoms with E-state index in [4.69, 9.17) is 4.74 Å². The molecule has 86 valence electrons. The van der Waals surface area contributed by atoms with E-state index in [1.807, 2.05) is 0 Å². The van der Waals surface area contributed by atoms with Gasteiger partial charge in [-0.2, -0.15) is 0 Å². The van der Waals surface area contributed by atoms with Gasteiger partial charge in [0.15, 0.2) is 0 Å². The number of rotatable bonds is 3. The highest BCUT2D eigenvalue weighted by Gasteiger charge is 2.46. The van der Waals surface area contributed by atoms with Crippen molar-refractivity contribution in [2.45, 2.75) is 28.9 Å². The van der Waals surface area contributed by atoms with Gasteiger partial charge >= 0.3 is 5.97 Å². The minimum Gasteiger partial charge on any atom is -0.468 e. The summed E-state index contributed by atoms with van der Waals surface area (Å²) in [6, 6.07) is 6.21. The molecule has 16 heavy (non-hydrogen) atoms. The summed E-state index contributed by atoms with van der Waals surface area (Å²) in [5.74, 6) is -0.432. The van der Waals surface area contributed by atoms with Crippen molar-refractivity contribution < 1.29 is 13.9 Å². The van der Waals surface area contributed by atoms with E-state index in [1.165, 1.54) is 31.0 Å². The highest BCUT2D eigenvalue weighted by molar-refractivity contribution is 8.01. The Kier molecular flexibility index (Phi) is 3.19. The van der Waals surface area contributed by atoms with Crippen LogP contribution in [0.15, 0.2) is 29.2 Å². The van der Waals surface area contributed by atoms with Crippen LogP contribution in [-0.4, -0.2) is 17.8 Å². The maximum atomic E-state index is 12.7. The molecule has 0 N–H and O–H groups in total. The summed E-state index contributed by atoms with van der Waals surface area (Å²) >= 11 is 1.48. The summed E-state index contributed by atoms with van der Waals surface area (Å²) in [4.78, 5) is 12.6. The van der Waals surface area contributed by atoms with Crippen molar-refractivity contribution in [3.05, 3.63) is 30.1 Å². The van der Waals surface area contributed by atoms with E-state index in [9.17, 15) is 9.18 Å². The van der Waals surface area contributed by atoms with Crippen molar-refractivity contribution in [3.63, 3.8) is 0 Å². The molecule has 4 heteroatoms. The Balaban J connectivity index is 2.13. The third kappa shape index (κ3) is 2.07. The fourth-order valence-electron chi connectivity index (χ4n) is 1.76. The van der Waals surface area contributed by atoms with Crippen molar-refractivity contribution >= 4 is 17.7 Å². The van der Waals surface area contributed by atoms with E-state index >= 15 is 0 Å². The second-order valence-corrected chi connectivity index (χ2v) is 5.35. The zero-order valence-corrected chi connectivity index (χ0v) is 9.85. The zero-order valence-electron chi connectivity index (χ0n) is 9.03. The molecule has 1 aromatic carbocycles. The van der Waals surface area contributed by atoms with Gasteiger partial charge < -0.3 is 4.74 Å². The van der Waals surface area contributed by atoms with Crippen LogP contribution in [0.2, 0.25) is 0 Å². The van der Waals surface area contributed by atoms with Crippen LogP contribution < -0.4 is 0 Å². The molecule has 0 heterocycles. The van der Waals surface area contributed by atoms with Crippen molar-refractivity contribution in [3.8, 4) is 0 Å². The quantitative estimate of drug-likeness (QED) is 0.760. The van der Waals surface area contributed by atoms with Crippen LogP contribution in [0.25, 0.3) is 0 Å². The highest BCUT2D eigenvalue weighted by atomic mass is 32.2. The molecule has 0 atom stereocenters. The molecule has 0 unspecified atom stereocenters. The summed E-state index contributed by atoms with van der Waals surface area (Å²) < 4.78 is 17.1. The largest absolute Gasteiger partial charge is 0.468 e. The first-order chi connectivity index (χ1) is 7.66. The summed E-state index contributed by atoms with van der Waals surface area (Å²) in [6.07, 6.45) is 2.72. The lowest BCUT2D eigenvalue weighted by Gasteiger charge is -2.38. The lowest BCUT2D eigenvalue weighted by atomic mass is 9.84. The fourth-order valence-corrected chi connectivity index (χ4v) is 3.14. The smallest absolute Gasteiger partial charge is 0.322 e. The molecule has 0 aromatic heterocycles. The van der Waals surface area contributed by atoms with E-state index in [-0.39, 0.29) is 11.8 Å². The van der Waals surface area contributed by atoms with Crippen LogP contribution in [0, 0.1) is 5.82 Å². The maximum absolute atomic E-state index is 12.7. The molecule has 0 amide bonds. The van der Waals surface area contributed by atoms with Gasteiger partial charge in [0.2, 0.25) is 0 Å². The number of halogens is 1. The summed E-state index contributed by atoms with van der Waals surface area (Å²) in [5, 5.41) is 0. The van der Waals surface area contributed by atoms with Crippen LogP contribution >= 0.6 is 11.8 Å². The Morgan fingerprint density at radius 1 is 1.38 bits per heavy atom. The van der Waals surface area contributed by atoms with Crippen molar-refractivity contribution in [1.82, 2.24) is 0 Å². The van der Waals surface area contributed by atoms with Gasteiger partial charge in [0, 0.05) is 4.90 Å². The number of thioether (sulfide) groups is 1. The molecule has 0 saturated heterocycles. The van der Waals surface area contributed by atoms with E-state index in [1.54, 1.807) is 12.1 Å². The number of hydrogen-bond donors (Lipinski definition) is 0. The summed E-state index contributed by atoms with van der Waals surface area (Å²) in [5.41, 5.74) is 0. The van der Waals surface area contributed by atoms with Crippen LogP contribution in [0.3, 0.4) is 0 Å². The maximum Gasteiger partial charge on any atom is 0.322 e. The Bertz CT molecular complexity index is 385. The summed E-state index contributed by atoms with van der Waals surface area (Å²) in [6.45, 7) is 0. The van der Waals surface area contributed by atoms with Gasteiger partial charge in [-0.25, -0.2) is 4.39 Å². The van der Waals surface area contributed by atoms with E-state index in [0.717, 1.165) is 24.2 Å². The molecule has 0 aliphatic heterocycles. The average molecular weight is 240 g/mol. The molecular weight excluding hydrogens is 227 g/mol. The molecule has 1 aromatic rings. The number of carbonyl (C=O) groups is 1. The second kappa shape index (κ2) is 4.45. The minimum absolute atomic E-state index is 0.173. The minimum atomic E-state index is -0.438. The zero-order chi connectivity index (χ0) is 11.6. The number of hydrogen-bond acceptors (Lipinski definition) is 3. The van der Waals surface area contributed by atoms with Crippen molar-refractivity contribution in [1.29, 1.82) is 0 Å². The Hall–Kier alpha value is -1.03. The number of benzene rings is 1. The van der Waals surface area contributed by atoms with E-state index in [2.05, 4.69) is 0 Å². The molecule has 0 radical (unpaired) electrons. The molecule has 1 aliphatic carbocycles. The average Bonchev–Trinajstić information content (AvgIpc) is 2.25. The first kappa shape index (κ1) is 11.5. The Morgan fingerprint density at radius 3 is 2.44 bits per heavy atom. The molecule has 2 rings (SSSR count). The van der Waals surface area contributed by atoms with Gasteiger partial charge in [0.25, 0.3) is 0 Å². The SMILES string of the molecule is COC(=O)C1(Sc2ccc(F)cc2)CCC1. The molecule has 1 aliphatic rings. The first-order valence-electron chi connectivity index (χ1n) is 5.19. The molecule has 1 fully saturated rings. The van der Waals surface area contributed by atoms with Gasteiger partial charge in [0.1, 0.15) is 10.6 Å². The van der Waals surface area contributed by atoms with Crippen LogP contribution in [0.4, 0.5) is 4.39 Å². The topological polar surface area (TPSA) is 26.3 Å². The van der Waals surface area contributed by atoms with Crippen molar-refractivity contribution in [2.24, 2.45) is 0 Å². The number of esters is 1. The monoisotopic (exact) mass is 240 g/mol. The predicted octanol–water partition coefficient (Wildman–Crippen LogP) is 3.01. The molecular formula is C12H13FO2S. The van der Waals surface area contributed by atoms with E-state index < -0.39 is 4.75 Å². The number of ether oxygens (including phenoxy) is 1. The van der Waals surface area contributed by atoms with Crippen LogP contribution in [-0.2, 0) is 9.53 Å². The highest BCUT2D eigenvalue weighted by Crippen LogP contribution is 2.48. The predicted molar refractivity (Wildman–Crippen MR) is 60.9 cm³/mol. The number of carbonyl (C=O) groups excluding carboxylic acids is 1. The molecule has 2 nitrogen and oxygen atoms in total. The lowest BCUT2D eigenvalue weighted by Crippen LogP contribution is -2.42. The molecule has 0 spiro atoms. The van der Waals surface area contributed by atoms with Crippen LogP contribution in [0.1, 0.15) is 19.3 Å².